The van der Waals surface area contributed by atoms with Crippen LogP contribution < -0.4 is 10.1 Å². The van der Waals surface area contributed by atoms with Gasteiger partial charge < -0.3 is 19.8 Å². The highest BCUT2D eigenvalue weighted by molar-refractivity contribution is 6.58. The Morgan fingerprint density at radius 1 is 1.15 bits per heavy atom. The van der Waals surface area contributed by atoms with Crippen LogP contribution in [0.25, 0.3) is 11.0 Å². The molecule has 2 aliphatic rings. The maximum atomic E-state index is 13.3. The lowest BCUT2D eigenvalue weighted by Crippen LogP contribution is -2.63. The van der Waals surface area contributed by atoms with Crippen molar-refractivity contribution in [3.63, 3.8) is 0 Å². The number of rotatable bonds is 5. The van der Waals surface area contributed by atoms with E-state index in [0.29, 0.717) is 17.8 Å². The minimum absolute atomic E-state index is 0.0363. The number of aromatic amines is 1. The number of halogens is 3. The second kappa shape index (κ2) is 7.98. The van der Waals surface area contributed by atoms with Gasteiger partial charge >= 0.3 is 6.18 Å². The SMILES string of the molecule is BC(B)(B)OC1CN([C@H]2COc3ccccc3[C@@H]2Nc2ncnc3[nH]c(C(F)(F)F)cc23)C1. The highest BCUT2D eigenvalue weighted by Crippen LogP contribution is 2.39. The van der Waals surface area contributed by atoms with Crippen molar-refractivity contribution < 1.29 is 22.6 Å². The summed E-state index contributed by atoms with van der Waals surface area (Å²) < 4.78 is 51.9. The maximum Gasteiger partial charge on any atom is 0.431 e. The third kappa shape index (κ3) is 4.43. The quantitative estimate of drug-likeness (QED) is 0.533. The average Bonchev–Trinajstić information content (AvgIpc) is 3.16. The molecule has 13 heteroatoms. The van der Waals surface area contributed by atoms with Gasteiger partial charge in [0.2, 0.25) is 0 Å². The summed E-state index contributed by atoms with van der Waals surface area (Å²) in [6, 6.07) is 8.48. The second-order valence-corrected chi connectivity index (χ2v) is 9.51. The van der Waals surface area contributed by atoms with Gasteiger partial charge in [0.05, 0.1) is 23.6 Å². The second-order valence-electron chi connectivity index (χ2n) is 9.51. The van der Waals surface area contributed by atoms with Gasteiger partial charge in [-0.25, -0.2) is 9.97 Å². The number of aromatic nitrogens is 3. The molecule has 2 atom stereocenters. The summed E-state index contributed by atoms with van der Waals surface area (Å²) in [5.74, 6) is 1.10. The first-order chi connectivity index (χ1) is 15.6. The number of likely N-dealkylation sites (tertiary alicyclic amines) is 1. The lowest BCUT2D eigenvalue weighted by Gasteiger charge is -2.49. The highest BCUT2D eigenvalue weighted by atomic mass is 19.4. The van der Waals surface area contributed by atoms with Crippen LogP contribution in [-0.4, -0.2) is 80.5 Å². The number of para-hydroxylation sites is 1. The number of fused-ring (bicyclic) bond motifs is 2. The fraction of sp³-hybridized carbons (Fsp3) is 0.400. The molecule has 33 heavy (non-hydrogen) atoms. The number of ether oxygens (including phenoxy) is 2. The van der Waals surface area contributed by atoms with Gasteiger partial charge in [0, 0.05) is 18.7 Å². The molecule has 2 aliphatic heterocycles. The van der Waals surface area contributed by atoms with E-state index in [4.69, 9.17) is 9.47 Å². The first kappa shape index (κ1) is 22.2. The molecule has 2 aromatic heterocycles. The maximum absolute atomic E-state index is 13.3. The summed E-state index contributed by atoms with van der Waals surface area (Å²) in [6.45, 7) is 1.96. The summed E-state index contributed by atoms with van der Waals surface area (Å²) in [5, 5.41) is 3.48. The van der Waals surface area contributed by atoms with Crippen LogP contribution in [0.2, 0.25) is 0 Å². The van der Waals surface area contributed by atoms with Gasteiger partial charge in [-0.1, -0.05) is 18.2 Å². The molecule has 0 radical (unpaired) electrons. The number of anilines is 1. The normalized spacial score (nSPS) is 21.9. The molecule has 3 aromatic rings. The van der Waals surface area contributed by atoms with Crippen LogP contribution in [-0.2, 0) is 10.9 Å². The van der Waals surface area contributed by atoms with Crippen molar-refractivity contribution in [1.82, 2.24) is 19.9 Å². The Balaban J connectivity index is 1.45. The van der Waals surface area contributed by atoms with Crippen molar-refractivity contribution in [3.05, 3.63) is 47.9 Å². The lowest BCUT2D eigenvalue weighted by molar-refractivity contribution is -0.140. The van der Waals surface area contributed by atoms with Crippen molar-refractivity contribution in [2.45, 2.75) is 29.7 Å². The standard InChI is InChI=1S/C20H23B3F3N5O2/c21-20(22,23)33-10-6-31(7-10)13-8-32-14-4-2-1-3-11(14)16(13)30-18-12-5-15(19(24,25)26)29-17(12)27-9-28-18/h1-5,9-10,13,16H,6-8,21-23H2,(H2,27,28,29,30)/t13-,16-/m0/s1. The molecule has 1 saturated heterocycles. The van der Waals surface area contributed by atoms with Crippen LogP contribution in [0.15, 0.2) is 36.7 Å². The molecular formula is C20H23B3F3N5O2. The number of nitrogens with one attached hydrogen (secondary N) is 2. The van der Waals surface area contributed by atoms with Crippen molar-refractivity contribution in [2.24, 2.45) is 0 Å². The number of benzene rings is 1. The largest absolute Gasteiger partial charge is 0.491 e. The number of hydrogen-bond donors (Lipinski definition) is 2. The zero-order valence-electron chi connectivity index (χ0n) is 18.6. The van der Waals surface area contributed by atoms with Crippen LogP contribution in [0.5, 0.6) is 5.75 Å². The third-order valence-corrected chi connectivity index (χ3v) is 5.94. The Hall–Kier alpha value is -2.66. The topological polar surface area (TPSA) is 75.3 Å². The van der Waals surface area contributed by atoms with E-state index in [1.165, 1.54) is 6.33 Å². The molecule has 170 valence electrons. The summed E-state index contributed by atoms with van der Waals surface area (Å²) >= 11 is 0. The molecule has 5 rings (SSSR count). The molecule has 0 spiro atoms. The van der Waals surface area contributed by atoms with E-state index < -0.39 is 11.9 Å². The zero-order chi connectivity index (χ0) is 23.4. The molecule has 7 nitrogen and oxygen atoms in total. The molecular weight excluding hydrogens is 432 g/mol. The summed E-state index contributed by atoms with van der Waals surface area (Å²) in [6.07, 6.45) is -3.10. The molecule has 0 bridgehead atoms. The predicted octanol–water partition coefficient (Wildman–Crippen LogP) is 0.102. The van der Waals surface area contributed by atoms with E-state index >= 15 is 0 Å². The zero-order valence-corrected chi connectivity index (χ0v) is 18.6. The van der Waals surface area contributed by atoms with Gasteiger partial charge in [0.15, 0.2) is 0 Å². The van der Waals surface area contributed by atoms with E-state index in [9.17, 15) is 13.2 Å². The van der Waals surface area contributed by atoms with Gasteiger partial charge in [-0.15, -0.1) is 0 Å². The molecule has 4 heterocycles. The predicted molar refractivity (Wildman–Crippen MR) is 126 cm³/mol. The first-order valence-electron chi connectivity index (χ1n) is 10.9. The van der Waals surface area contributed by atoms with Crippen LogP contribution in [0, 0.1) is 0 Å². The Labute approximate surface area is 191 Å². The van der Waals surface area contributed by atoms with Crippen LogP contribution in [0.1, 0.15) is 17.3 Å². The fourth-order valence-electron chi connectivity index (χ4n) is 4.51. The van der Waals surface area contributed by atoms with Crippen molar-refractivity contribution >= 4 is 40.4 Å². The van der Waals surface area contributed by atoms with E-state index in [1.807, 2.05) is 47.8 Å². The summed E-state index contributed by atoms with van der Waals surface area (Å²) in [7, 11) is 6.10. The highest BCUT2D eigenvalue weighted by Gasteiger charge is 2.42. The number of hydrogen-bond acceptors (Lipinski definition) is 6. The lowest BCUT2D eigenvalue weighted by atomic mass is 9.52. The number of nitrogens with zero attached hydrogens (tertiary/aromatic N) is 3. The Morgan fingerprint density at radius 2 is 1.91 bits per heavy atom. The molecule has 0 aliphatic carbocycles. The molecule has 1 aromatic carbocycles. The van der Waals surface area contributed by atoms with E-state index in [1.54, 1.807) is 0 Å². The molecule has 1 fully saturated rings. The molecule has 0 amide bonds. The van der Waals surface area contributed by atoms with Gasteiger partial charge in [-0.05, 0) is 17.4 Å². The Bertz CT molecular complexity index is 1160. The molecule has 0 unspecified atom stereocenters. The van der Waals surface area contributed by atoms with Crippen molar-refractivity contribution in [2.75, 3.05) is 25.0 Å². The minimum Gasteiger partial charge on any atom is -0.491 e. The minimum atomic E-state index is -4.49. The molecule has 2 N–H and O–H groups in total. The average molecular weight is 455 g/mol. The van der Waals surface area contributed by atoms with Crippen molar-refractivity contribution in [1.29, 1.82) is 0 Å². The first-order valence-corrected chi connectivity index (χ1v) is 10.9. The summed E-state index contributed by atoms with van der Waals surface area (Å²) in [5.41, 5.74) is 0.224. The third-order valence-electron chi connectivity index (χ3n) is 5.94. The van der Waals surface area contributed by atoms with E-state index in [2.05, 4.69) is 25.2 Å². The number of H-pyrrole nitrogens is 1. The monoisotopic (exact) mass is 455 g/mol. The van der Waals surface area contributed by atoms with Crippen LogP contribution >= 0.6 is 0 Å². The molecule has 0 saturated carbocycles. The van der Waals surface area contributed by atoms with E-state index in [0.717, 1.165) is 30.5 Å². The van der Waals surface area contributed by atoms with Gasteiger partial charge in [-0.3, -0.25) is 4.90 Å². The fourth-order valence-corrected chi connectivity index (χ4v) is 4.51. The number of alkyl halides is 3. The smallest absolute Gasteiger partial charge is 0.431 e. The van der Waals surface area contributed by atoms with Gasteiger partial charge in [0.25, 0.3) is 0 Å². The van der Waals surface area contributed by atoms with Gasteiger partial charge in [0.1, 0.15) is 59.4 Å². The summed E-state index contributed by atoms with van der Waals surface area (Å²) in [4.78, 5) is 12.9. The van der Waals surface area contributed by atoms with Crippen LogP contribution in [0.3, 0.4) is 0 Å². The van der Waals surface area contributed by atoms with Crippen LogP contribution in [0.4, 0.5) is 19.0 Å². The van der Waals surface area contributed by atoms with E-state index in [-0.39, 0.29) is 29.1 Å². The van der Waals surface area contributed by atoms with Crippen molar-refractivity contribution in [3.8, 4) is 5.75 Å². The van der Waals surface area contributed by atoms with Gasteiger partial charge in [-0.2, -0.15) is 13.2 Å². The Kier molecular flexibility index (Phi) is 5.36. The Morgan fingerprint density at radius 3 is 2.64 bits per heavy atom.